The van der Waals surface area contributed by atoms with Gasteiger partial charge < -0.3 is 4.90 Å². The summed E-state index contributed by atoms with van der Waals surface area (Å²) in [5.41, 5.74) is 4.88. The second kappa shape index (κ2) is 8.81. The average Bonchev–Trinajstić information content (AvgIpc) is 3.29. The Hall–Kier alpha value is -3.30. The van der Waals surface area contributed by atoms with Crippen molar-refractivity contribution in [3.05, 3.63) is 82.8 Å². The maximum atomic E-state index is 13.4. The Morgan fingerprint density at radius 2 is 1.68 bits per heavy atom. The van der Waals surface area contributed by atoms with Crippen LogP contribution in [-0.2, 0) is 16.4 Å². The lowest BCUT2D eigenvalue weighted by molar-refractivity contribution is 0.382. The predicted octanol–water partition coefficient (Wildman–Crippen LogP) is 3.15. The van der Waals surface area contributed by atoms with Gasteiger partial charge in [0.05, 0.1) is 4.90 Å². The highest BCUT2D eigenvalue weighted by Crippen LogP contribution is 2.29. The number of fused-ring (bicyclic) bond motifs is 1. The topological polar surface area (TPSA) is 83.7 Å². The zero-order chi connectivity index (χ0) is 23.9. The monoisotopic (exact) mass is 476 g/mol. The van der Waals surface area contributed by atoms with E-state index in [1.807, 2.05) is 51.1 Å². The van der Waals surface area contributed by atoms with E-state index in [2.05, 4.69) is 32.1 Å². The number of piperazine rings is 1. The molecule has 0 unspecified atom stereocenters. The molecule has 176 valence electrons. The molecule has 2 aromatic carbocycles. The molecule has 4 aromatic rings. The summed E-state index contributed by atoms with van der Waals surface area (Å²) < 4.78 is 30.2. The maximum Gasteiger partial charge on any atom is 0.254 e. The first-order valence-corrected chi connectivity index (χ1v) is 12.8. The van der Waals surface area contributed by atoms with E-state index in [1.165, 1.54) is 11.9 Å². The van der Waals surface area contributed by atoms with E-state index in [0.29, 0.717) is 43.3 Å². The molecule has 9 heteroatoms. The molecule has 0 bridgehead atoms. The number of aryl methyl sites for hydroxylation is 3. The van der Waals surface area contributed by atoms with Crippen molar-refractivity contribution in [2.75, 3.05) is 31.1 Å². The number of hydrogen-bond acceptors (Lipinski definition) is 6. The lowest BCUT2D eigenvalue weighted by Gasteiger charge is -2.36. The molecule has 1 aliphatic heterocycles. The van der Waals surface area contributed by atoms with Gasteiger partial charge in [-0.25, -0.2) is 13.4 Å². The Balaban J connectivity index is 1.46. The van der Waals surface area contributed by atoms with E-state index >= 15 is 0 Å². The minimum absolute atomic E-state index is 0.393. The van der Waals surface area contributed by atoms with Crippen molar-refractivity contribution in [2.24, 2.45) is 0 Å². The minimum Gasteiger partial charge on any atom is -0.354 e. The van der Waals surface area contributed by atoms with Crippen LogP contribution in [0.2, 0.25) is 0 Å². The molecule has 5 rings (SSSR count). The predicted molar refractivity (Wildman–Crippen MR) is 132 cm³/mol. The van der Waals surface area contributed by atoms with Crippen molar-refractivity contribution >= 4 is 21.6 Å². The standard InChI is InChI=1S/C25H28N6O2S/c1-18-9-10-19(2)23(15-18)34(32,33)30-13-11-29(12-14-30)24-22(16-21-7-5-4-6-8-21)20(3)28-25-26-17-27-31(24)25/h4-10,15,17H,11-14,16H2,1-3H3. The number of nitrogens with zero attached hydrogens (tertiary/aromatic N) is 6. The Labute approximate surface area is 199 Å². The molecule has 3 heterocycles. The number of sulfonamides is 1. The van der Waals surface area contributed by atoms with Crippen molar-refractivity contribution in [3.8, 4) is 0 Å². The highest BCUT2D eigenvalue weighted by molar-refractivity contribution is 7.89. The molecule has 0 spiro atoms. The smallest absolute Gasteiger partial charge is 0.254 e. The molecule has 0 amide bonds. The molecule has 0 saturated carbocycles. The summed E-state index contributed by atoms with van der Waals surface area (Å²) in [6.45, 7) is 7.68. The third kappa shape index (κ3) is 4.05. The highest BCUT2D eigenvalue weighted by Gasteiger charge is 2.31. The van der Waals surface area contributed by atoms with Crippen LogP contribution < -0.4 is 4.90 Å². The SMILES string of the molecule is Cc1ccc(C)c(S(=O)(=O)N2CCN(c3c(Cc4ccccc4)c(C)nc4ncnn34)CC2)c1. The molecule has 0 N–H and O–H groups in total. The minimum atomic E-state index is -3.56. The van der Waals surface area contributed by atoms with Crippen LogP contribution in [0, 0.1) is 20.8 Å². The zero-order valence-corrected chi connectivity index (χ0v) is 20.5. The Bertz CT molecular complexity index is 1440. The van der Waals surface area contributed by atoms with E-state index < -0.39 is 10.0 Å². The summed E-state index contributed by atoms with van der Waals surface area (Å²) in [5.74, 6) is 1.49. The first-order valence-electron chi connectivity index (χ1n) is 11.4. The Morgan fingerprint density at radius 1 is 0.941 bits per heavy atom. The van der Waals surface area contributed by atoms with Gasteiger partial charge in [0, 0.05) is 43.9 Å². The normalized spacial score (nSPS) is 15.2. The summed E-state index contributed by atoms with van der Waals surface area (Å²) in [6, 6.07) is 15.8. The molecule has 0 atom stereocenters. The van der Waals surface area contributed by atoms with Crippen LogP contribution in [0.1, 0.15) is 27.9 Å². The molecular formula is C25H28N6O2S. The third-order valence-corrected chi connectivity index (χ3v) is 8.47. The second-order valence-electron chi connectivity index (χ2n) is 8.79. The van der Waals surface area contributed by atoms with Crippen molar-refractivity contribution in [1.82, 2.24) is 23.9 Å². The highest BCUT2D eigenvalue weighted by atomic mass is 32.2. The fourth-order valence-electron chi connectivity index (χ4n) is 4.56. The van der Waals surface area contributed by atoms with Gasteiger partial charge >= 0.3 is 0 Å². The quantitative estimate of drug-likeness (QED) is 0.440. The van der Waals surface area contributed by atoms with Gasteiger partial charge in [-0.15, -0.1) is 0 Å². The lowest BCUT2D eigenvalue weighted by atomic mass is 10.0. The van der Waals surface area contributed by atoms with Gasteiger partial charge in [0.1, 0.15) is 12.1 Å². The summed E-state index contributed by atoms with van der Waals surface area (Å²) in [4.78, 5) is 11.6. The Kier molecular flexibility index (Phi) is 5.83. The number of rotatable bonds is 5. The Morgan fingerprint density at radius 3 is 2.41 bits per heavy atom. The number of aromatic nitrogens is 4. The van der Waals surface area contributed by atoms with Crippen LogP contribution in [0.3, 0.4) is 0 Å². The number of hydrogen-bond donors (Lipinski definition) is 0. The second-order valence-corrected chi connectivity index (χ2v) is 10.7. The van der Waals surface area contributed by atoms with Gasteiger partial charge in [0.15, 0.2) is 0 Å². The summed E-state index contributed by atoms with van der Waals surface area (Å²) in [7, 11) is -3.56. The third-order valence-electron chi connectivity index (χ3n) is 6.43. The van der Waals surface area contributed by atoms with Gasteiger partial charge in [-0.3, -0.25) is 0 Å². The summed E-state index contributed by atoms with van der Waals surface area (Å²) in [6.07, 6.45) is 2.23. The summed E-state index contributed by atoms with van der Waals surface area (Å²) in [5, 5.41) is 4.44. The van der Waals surface area contributed by atoms with Gasteiger partial charge in [0.2, 0.25) is 10.0 Å². The fraction of sp³-hybridized carbons (Fsp3) is 0.320. The molecule has 0 aliphatic carbocycles. The van der Waals surface area contributed by atoms with Gasteiger partial charge in [-0.05, 0) is 43.5 Å². The van der Waals surface area contributed by atoms with E-state index in [9.17, 15) is 8.42 Å². The van der Waals surface area contributed by atoms with Crippen LogP contribution >= 0.6 is 0 Å². The first-order chi connectivity index (χ1) is 16.3. The largest absolute Gasteiger partial charge is 0.354 e. The molecule has 8 nitrogen and oxygen atoms in total. The van der Waals surface area contributed by atoms with Crippen molar-refractivity contribution in [3.63, 3.8) is 0 Å². The summed E-state index contributed by atoms with van der Waals surface area (Å²) >= 11 is 0. The fourth-order valence-corrected chi connectivity index (χ4v) is 6.30. The van der Waals surface area contributed by atoms with Crippen LogP contribution in [0.5, 0.6) is 0 Å². The number of benzene rings is 2. The van der Waals surface area contributed by atoms with Crippen LogP contribution in [0.4, 0.5) is 5.82 Å². The number of anilines is 1. The van der Waals surface area contributed by atoms with E-state index in [4.69, 9.17) is 0 Å². The molecule has 2 aromatic heterocycles. The molecule has 0 radical (unpaired) electrons. The first kappa shape index (κ1) is 22.5. The van der Waals surface area contributed by atoms with Gasteiger partial charge in [-0.2, -0.15) is 18.9 Å². The van der Waals surface area contributed by atoms with Gasteiger partial charge in [-0.1, -0.05) is 42.5 Å². The van der Waals surface area contributed by atoms with Crippen LogP contribution in [0.15, 0.2) is 59.8 Å². The molecule has 1 saturated heterocycles. The molecule has 34 heavy (non-hydrogen) atoms. The van der Waals surface area contributed by atoms with Crippen molar-refractivity contribution in [2.45, 2.75) is 32.1 Å². The van der Waals surface area contributed by atoms with E-state index in [1.54, 1.807) is 14.9 Å². The lowest BCUT2D eigenvalue weighted by Crippen LogP contribution is -2.49. The van der Waals surface area contributed by atoms with E-state index in [0.717, 1.165) is 28.2 Å². The van der Waals surface area contributed by atoms with Crippen molar-refractivity contribution < 1.29 is 8.42 Å². The van der Waals surface area contributed by atoms with Crippen LogP contribution in [0.25, 0.3) is 5.78 Å². The zero-order valence-electron chi connectivity index (χ0n) is 19.6. The average molecular weight is 477 g/mol. The van der Waals surface area contributed by atoms with Crippen molar-refractivity contribution in [1.29, 1.82) is 0 Å². The molecular weight excluding hydrogens is 448 g/mol. The van der Waals surface area contributed by atoms with Gasteiger partial charge in [0.25, 0.3) is 5.78 Å². The maximum absolute atomic E-state index is 13.4. The van der Waals surface area contributed by atoms with Crippen LogP contribution in [-0.4, -0.2) is 58.5 Å². The van der Waals surface area contributed by atoms with E-state index in [-0.39, 0.29) is 0 Å². The molecule has 1 aliphatic rings. The molecule has 1 fully saturated rings.